The highest BCUT2D eigenvalue weighted by atomic mass is 32.3. The minimum Gasteiger partial charge on any atom is -0.240 e. The van der Waals surface area contributed by atoms with E-state index in [2.05, 4.69) is 30.9 Å². The predicted molar refractivity (Wildman–Crippen MR) is 74.1 cm³/mol. The van der Waals surface area contributed by atoms with E-state index in [0.717, 1.165) is 5.25 Å². The predicted octanol–water partition coefficient (Wildman–Crippen LogP) is 3.91. The van der Waals surface area contributed by atoms with Crippen LogP contribution >= 0.6 is 21.8 Å². The van der Waals surface area contributed by atoms with Crippen LogP contribution in [0.3, 0.4) is 0 Å². The minimum atomic E-state index is -0.337. The summed E-state index contributed by atoms with van der Waals surface area (Å²) >= 11 is 1.91. The minimum absolute atomic E-state index is 0.337. The highest BCUT2D eigenvalue weighted by Gasteiger charge is 2.26. The summed E-state index contributed by atoms with van der Waals surface area (Å²) in [4.78, 5) is 0. The van der Waals surface area contributed by atoms with E-state index in [-0.39, 0.29) is 10.0 Å². The summed E-state index contributed by atoms with van der Waals surface area (Å²) < 4.78 is 0. The fraction of sp³-hybridized carbons (Fsp3) is 0.833. The molecule has 84 valence electrons. The Morgan fingerprint density at radius 1 is 1.21 bits per heavy atom. The van der Waals surface area contributed by atoms with Gasteiger partial charge in [-0.3, -0.25) is 0 Å². The van der Waals surface area contributed by atoms with Crippen molar-refractivity contribution < 1.29 is 0 Å². The average Bonchev–Trinajstić information content (AvgIpc) is 2.65. The molecular weight excluding hydrogens is 208 g/mol. The molecule has 0 aromatic heterocycles. The topological polar surface area (TPSA) is 0 Å². The van der Waals surface area contributed by atoms with Crippen molar-refractivity contribution in [2.45, 2.75) is 30.9 Å². The zero-order valence-electron chi connectivity index (χ0n) is 9.79. The largest absolute Gasteiger partial charge is 0.240 e. The van der Waals surface area contributed by atoms with Crippen LogP contribution in [0.1, 0.15) is 25.7 Å². The van der Waals surface area contributed by atoms with Gasteiger partial charge in [-0.15, -0.1) is 0 Å². The highest BCUT2D eigenvalue weighted by molar-refractivity contribution is 8.33. The molecule has 0 atom stereocenters. The molecule has 0 spiro atoms. The van der Waals surface area contributed by atoms with Crippen LogP contribution in [0.25, 0.3) is 0 Å². The fourth-order valence-corrected chi connectivity index (χ4v) is 4.99. The normalized spacial score (nSPS) is 20.8. The third-order valence-electron chi connectivity index (χ3n) is 3.16. The Balaban J connectivity index is 2.32. The number of hydrogen-bond acceptors (Lipinski definition) is 1. The Bertz CT molecular complexity index is 179. The Labute approximate surface area is 95.2 Å². The molecule has 1 aliphatic carbocycles. The van der Waals surface area contributed by atoms with E-state index in [0.29, 0.717) is 0 Å². The van der Waals surface area contributed by atoms with Gasteiger partial charge in [-0.05, 0) is 42.6 Å². The van der Waals surface area contributed by atoms with Gasteiger partial charge in [0.2, 0.25) is 0 Å². The van der Waals surface area contributed by atoms with Crippen LogP contribution in [0.15, 0.2) is 12.2 Å². The first-order chi connectivity index (χ1) is 6.67. The first kappa shape index (κ1) is 12.5. The van der Waals surface area contributed by atoms with E-state index in [9.17, 15) is 0 Å². The summed E-state index contributed by atoms with van der Waals surface area (Å²) in [5.74, 6) is 2.53. The molecule has 1 fully saturated rings. The van der Waals surface area contributed by atoms with Crippen LogP contribution < -0.4 is 0 Å². The van der Waals surface area contributed by atoms with E-state index < -0.39 is 0 Å². The molecule has 1 rings (SSSR count). The molecule has 1 aliphatic rings. The standard InChI is InChI=1S/C12H24S2/c1-13-10-6-7-11-14(2,3)12-8-4-5-9-12/h6-7,12H,4-5,8-11H2,1-3H3/b7-6+. The third kappa shape index (κ3) is 3.90. The molecule has 0 bridgehead atoms. The summed E-state index contributed by atoms with van der Waals surface area (Å²) in [6, 6.07) is 0. The Morgan fingerprint density at radius 2 is 1.86 bits per heavy atom. The Kier molecular flexibility index (Phi) is 5.47. The lowest BCUT2D eigenvalue weighted by Gasteiger charge is -2.37. The van der Waals surface area contributed by atoms with Gasteiger partial charge in [0.15, 0.2) is 0 Å². The zero-order valence-corrected chi connectivity index (χ0v) is 11.4. The summed E-state index contributed by atoms with van der Waals surface area (Å²) in [5, 5.41) is 1.06. The van der Waals surface area contributed by atoms with Crippen LogP contribution in [-0.2, 0) is 0 Å². The molecular formula is C12H24S2. The van der Waals surface area contributed by atoms with Gasteiger partial charge in [0.25, 0.3) is 0 Å². The maximum Gasteiger partial charge on any atom is 0.0110 e. The van der Waals surface area contributed by atoms with Gasteiger partial charge >= 0.3 is 0 Å². The summed E-state index contributed by atoms with van der Waals surface area (Å²) in [7, 11) is -0.337. The number of hydrogen-bond donors (Lipinski definition) is 0. The Morgan fingerprint density at radius 3 is 2.43 bits per heavy atom. The van der Waals surface area contributed by atoms with Crippen LogP contribution in [0, 0.1) is 0 Å². The fourth-order valence-electron chi connectivity index (χ4n) is 2.14. The molecule has 0 saturated heterocycles. The summed E-state index contributed by atoms with van der Waals surface area (Å²) in [6.07, 6.45) is 17.9. The van der Waals surface area contributed by atoms with Gasteiger partial charge in [0, 0.05) is 5.75 Å². The van der Waals surface area contributed by atoms with E-state index in [1.54, 1.807) is 0 Å². The first-order valence-corrected chi connectivity index (χ1v) is 9.58. The molecule has 0 aromatic rings. The second kappa shape index (κ2) is 6.12. The second-order valence-corrected chi connectivity index (χ2v) is 9.78. The number of rotatable bonds is 5. The average molecular weight is 232 g/mol. The van der Waals surface area contributed by atoms with Gasteiger partial charge in [0.1, 0.15) is 0 Å². The number of thioether (sulfide) groups is 1. The first-order valence-electron chi connectivity index (χ1n) is 5.50. The van der Waals surface area contributed by atoms with Crippen molar-refractivity contribution >= 4 is 21.8 Å². The quantitative estimate of drug-likeness (QED) is 0.648. The molecule has 2 heteroatoms. The van der Waals surface area contributed by atoms with Gasteiger partial charge in [0.05, 0.1) is 0 Å². The van der Waals surface area contributed by atoms with E-state index in [1.807, 2.05) is 11.8 Å². The van der Waals surface area contributed by atoms with Crippen LogP contribution in [0.2, 0.25) is 0 Å². The summed E-state index contributed by atoms with van der Waals surface area (Å²) in [5.41, 5.74) is 0. The SMILES string of the molecule is CSC/C=C/CS(C)(C)C1CCCC1. The van der Waals surface area contributed by atoms with Crippen LogP contribution in [0.5, 0.6) is 0 Å². The molecule has 0 aromatic carbocycles. The molecule has 1 saturated carbocycles. The lowest BCUT2D eigenvalue weighted by Crippen LogP contribution is -2.14. The van der Waals surface area contributed by atoms with E-state index in [1.165, 1.54) is 37.2 Å². The Hall–Kier alpha value is 0.440. The van der Waals surface area contributed by atoms with Crippen molar-refractivity contribution in [1.82, 2.24) is 0 Å². The van der Waals surface area contributed by atoms with Gasteiger partial charge in [-0.1, -0.05) is 25.0 Å². The molecule has 0 radical (unpaired) electrons. The molecule has 0 aliphatic heterocycles. The molecule has 0 amide bonds. The lowest BCUT2D eigenvalue weighted by atomic mass is 10.4. The van der Waals surface area contributed by atoms with Crippen LogP contribution in [-0.4, -0.2) is 35.5 Å². The molecule has 0 unspecified atom stereocenters. The zero-order chi connectivity index (χ0) is 10.4. The van der Waals surface area contributed by atoms with Crippen LogP contribution in [0.4, 0.5) is 0 Å². The van der Waals surface area contributed by atoms with Crippen molar-refractivity contribution in [2.75, 3.05) is 30.3 Å². The summed E-state index contributed by atoms with van der Waals surface area (Å²) in [6.45, 7) is 0. The molecule has 0 heterocycles. The van der Waals surface area contributed by atoms with Crippen molar-refractivity contribution in [3.8, 4) is 0 Å². The smallest absolute Gasteiger partial charge is 0.0110 e. The van der Waals surface area contributed by atoms with Crippen molar-refractivity contribution in [3.63, 3.8) is 0 Å². The van der Waals surface area contributed by atoms with E-state index in [4.69, 9.17) is 0 Å². The van der Waals surface area contributed by atoms with E-state index >= 15 is 0 Å². The van der Waals surface area contributed by atoms with Crippen molar-refractivity contribution in [2.24, 2.45) is 0 Å². The highest BCUT2D eigenvalue weighted by Crippen LogP contribution is 2.51. The van der Waals surface area contributed by atoms with Crippen molar-refractivity contribution in [3.05, 3.63) is 12.2 Å². The van der Waals surface area contributed by atoms with Gasteiger partial charge in [-0.25, -0.2) is 10.0 Å². The molecule has 0 nitrogen and oxygen atoms in total. The lowest BCUT2D eigenvalue weighted by molar-refractivity contribution is 0.886. The maximum atomic E-state index is 2.52. The second-order valence-electron chi connectivity index (χ2n) is 4.62. The maximum absolute atomic E-state index is 2.52. The third-order valence-corrected chi connectivity index (χ3v) is 7.01. The molecule has 14 heavy (non-hydrogen) atoms. The molecule has 0 N–H and O–H groups in total. The monoisotopic (exact) mass is 232 g/mol. The van der Waals surface area contributed by atoms with Crippen molar-refractivity contribution in [1.29, 1.82) is 0 Å². The van der Waals surface area contributed by atoms with Gasteiger partial charge < -0.3 is 0 Å². The van der Waals surface area contributed by atoms with Gasteiger partial charge in [-0.2, -0.15) is 11.8 Å².